The average molecular weight is 353 g/mol. The third kappa shape index (κ3) is 3.83. The minimum atomic E-state index is -0.348. The van der Waals surface area contributed by atoms with Crippen LogP contribution in [-0.2, 0) is 16.0 Å². The van der Waals surface area contributed by atoms with E-state index in [-0.39, 0.29) is 18.1 Å². The van der Waals surface area contributed by atoms with E-state index in [2.05, 4.69) is 25.2 Å². The molecule has 136 valence electrons. The van der Waals surface area contributed by atoms with Crippen LogP contribution in [0.4, 0.5) is 5.95 Å². The number of nitrogens with one attached hydrogen (secondary N) is 1. The number of hydrogen-bond donors (Lipinski definition) is 1. The van der Waals surface area contributed by atoms with Crippen molar-refractivity contribution in [1.29, 1.82) is 0 Å². The van der Waals surface area contributed by atoms with Gasteiger partial charge < -0.3 is 15.0 Å². The van der Waals surface area contributed by atoms with Crippen LogP contribution in [0.1, 0.15) is 18.4 Å². The highest BCUT2D eigenvalue weighted by Crippen LogP contribution is 2.34. The molecular weight excluding hydrogens is 330 g/mol. The van der Waals surface area contributed by atoms with E-state index in [4.69, 9.17) is 4.74 Å². The number of piperidine rings is 1. The molecule has 2 aliphatic heterocycles. The quantitative estimate of drug-likeness (QED) is 0.870. The molecule has 0 bridgehead atoms. The van der Waals surface area contributed by atoms with Crippen LogP contribution in [0.25, 0.3) is 0 Å². The topological polar surface area (TPSA) is 80.2 Å². The van der Waals surface area contributed by atoms with Crippen LogP contribution >= 0.6 is 0 Å². The Morgan fingerprint density at radius 3 is 2.85 bits per heavy atom. The molecule has 2 aliphatic rings. The molecule has 2 aromatic rings. The van der Waals surface area contributed by atoms with Gasteiger partial charge in [0, 0.05) is 44.4 Å². The zero-order valence-electron chi connectivity index (χ0n) is 14.6. The number of rotatable bonds is 5. The average Bonchev–Trinajstić information content (AvgIpc) is 3.13. The molecule has 0 aromatic carbocycles. The lowest BCUT2D eigenvalue weighted by Crippen LogP contribution is -2.43. The molecule has 2 aromatic heterocycles. The second-order valence-corrected chi connectivity index (χ2v) is 6.84. The number of amides is 1. The van der Waals surface area contributed by atoms with Crippen molar-refractivity contribution in [1.82, 2.24) is 20.3 Å². The van der Waals surface area contributed by atoms with Gasteiger partial charge in [0.05, 0.1) is 6.10 Å². The lowest BCUT2D eigenvalue weighted by molar-refractivity contribution is -0.131. The normalized spacial score (nSPS) is 24.9. The van der Waals surface area contributed by atoms with Crippen LogP contribution in [0.3, 0.4) is 0 Å². The van der Waals surface area contributed by atoms with Crippen LogP contribution in [0, 0.1) is 5.92 Å². The second kappa shape index (κ2) is 7.78. The van der Waals surface area contributed by atoms with Gasteiger partial charge in [0.1, 0.15) is 6.10 Å². The summed E-state index contributed by atoms with van der Waals surface area (Å²) in [6, 6.07) is 5.74. The van der Waals surface area contributed by atoms with Gasteiger partial charge in [-0.15, -0.1) is 0 Å². The van der Waals surface area contributed by atoms with E-state index in [1.165, 1.54) is 5.56 Å². The van der Waals surface area contributed by atoms with E-state index in [0.717, 1.165) is 38.3 Å². The Kier molecular flexibility index (Phi) is 5.06. The molecule has 2 saturated heterocycles. The lowest BCUT2D eigenvalue weighted by Gasteiger charge is -2.33. The molecule has 4 rings (SSSR count). The Bertz CT molecular complexity index is 727. The van der Waals surface area contributed by atoms with Gasteiger partial charge in [-0.3, -0.25) is 9.78 Å². The van der Waals surface area contributed by atoms with Crippen molar-refractivity contribution in [3.05, 3.63) is 48.5 Å². The van der Waals surface area contributed by atoms with Gasteiger partial charge in [-0.1, -0.05) is 0 Å². The van der Waals surface area contributed by atoms with Crippen molar-refractivity contribution in [3.8, 4) is 0 Å². The van der Waals surface area contributed by atoms with Crippen molar-refractivity contribution in [2.24, 2.45) is 5.92 Å². The molecule has 7 heteroatoms. The Hall–Kier alpha value is -2.54. The Labute approximate surface area is 152 Å². The first-order valence-corrected chi connectivity index (χ1v) is 9.13. The van der Waals surface area contributed by atoms with Gasteiger partial charge in [0.2, 0.25) is 11.9 Å². The molecule has 4 heterocycles. The first kappa shape index (κ1) is 16.9. The molecule has 1 amide bonds. The highest BCUT2D eigenvalue weighted by molar-refractivity contribution is 5.81. The van der Waals surface area contributed by atoms with E-state index in [1.807, 2.05) is 18.2 Å². The van der Waals surface area contributed by atoms with Crippen LogP contribution < -0.4 is 10.2 Å². The molecule has 1 N–H and O–H groups in total. The maximum Gasteiger partial charge on any atom is 0.249 e. The van der Waals surface area contributed by atoms with Crippen molar-refractivity contribution >= 4 is 11.9 Å². The molecule has 2 fully saturated rings. The van der Waals surface area contributed by atoms with Crippen LogP contribution in [0.15, 0.2) is 43.0 Å². The molecular formula is C19H23N5O2. The fraction of sp³-hybridized carbons (Fsp3) is 0.474. The monoisotopic (exact) mass is 353 g/mol. The van der Waals surface area contributed by atoms with E-state index >= 15 is 0 Å². The number of ether oxygens (including phenoxy) is 1. The number of aromatic nitrogens is 3. The third-order valence-electron chi connectivity index (χ3n) is 5.14. The molecule has 0 spiro atoms. The Morgan fingerprint density at radius 1 is 1.23 bits per heavy atom. The number of nitrogens with zero attached hydrogens (tertiary/aromatic N) is 4. The second-order valence-electron chi connectivity index (χ2n) is 6.84. The van der Waals surface area contributed by atoms with Crippen LogP contribution in [0.5, 0.6) is 0 Å². The minimum Gasteiger partial charge on any atom is -0.363 e. The van der Waals surface area contributed by atoms with Crippen molar-refractivity contribution in [3.63, 3.8) is 0 Å². The minimum absolute atomic E-state index is 0.00373. The summed E-state index contributed by atoms with van der Waals surface area (Å²) in [6.45, 7) is 2.27. The molecule has 3 atom stereocenters. The predicted molar refractivity (Wildman–Crippen MR) is 96.6 cm³/mol. The fourth-order valence-electron chi connectivity index (χ4n) is 3.73. The van der Waals surface area contributed by atoms with Gasteiger partial charge >= 0.3 is 0 Å². The summed E-state index contributed by atoms with van der Waals surface area (Å²) in [5.41, 5.74) is 1.17. The van der Waals surface area contributed by atoms with Gasteiger partial charge in [-0.25, -0.2) is 9.97 Å². The fourth-order valence-corrected chi connectivity index (χ4v) is 3.73. The number of anilines is 1. The standard InChI is InChI=1S/C19H23N5O2/c25-18(21-10-4-14-2-8-20-9-3-14)16-12-15-5-11-24(13-17(15)26-16)19-22-6-1-7-23-19/h1-3,6-9,15-17H,4-5,10-13H2,(H,21,25)/t15-,16-,17+/m0/s1. The van der Waals surface area contributed by atoms with E-state index in [1.54, 1.807) is 24.8 Å². The molecule has 26 heavy (non-hydrogen) atoms. The number of carbonyl (C=O) groups is 1. The van der Waals surface area contributed by atoms with E-state index in [9.17, 15) is 4.79 Å². The summed E-state index contributed by atoms with van der Waals surface area (Å²) in [6.07, 6.45) is 9.37. The number of hydrogen-bond acceptors (Lipinski definition) is 6. The SMILES string of the molecule is O=C(NCCc1ccncc1)[C@@H]1C[C@@H]2CCN(c3ncccn3)C[C@H]2O1. The zero-order chi connectivity index (χ0) is 17.8. The Morgan fingerprint density at radius 2 is 2.04 bits per heavy atom. The van der Waals surface area contributed by atoms with Crippen molar-refractivity contribution in [2.75, 3.05) is 24.5 Å². The van der Waals surface area contributed by atoms with Gasteiger partial charge in [-0.2, -0.15) is 0 Å². The summed E-state index contributed by atoms with van der Waals surface area (Å²) in [4.78, 5) is 27.2. The van der Waals surface area contributed by atoms with Crippen molar-refractivity contribution < 1.29 is 9.53 Å². The summed E-state index contributed by atoms with van der Waals surface area (Å²) in [5, 5.41) is 3.00. The first-order chi connectivity index (χ1) is 12.8. The predicted octanol–water partition coefficient (Wildman–Crippen LogP) is 1.21. The maximum atomic E-state index is 12.4. The zero-order valence-corrected chi connectivity index (χ0v) is 14.6. The maximum absolute atomic E-state index is 12.4. The van der Waals surface area contributed by atoms with E-state index in [0.29, 0.717) is 12.5 Å². The van der Waals surface area contributed by atoms with Gasteiger partial charge in [0.25, 0.3) is 0 Å². The largest absolute Gasteiger partial charge is 0.363 e. The van der Waals surface area contributed by atoms with Crippen LogP contribution in [-0.4, -0.2) is 52.7 Å². The smallest absolute Gasteiger partial charge is 0.249 e. The summed E-state index contributed by atoms with van der Waals surface area (Å²) < 4.78 is 6.06. The summed E-state index contributed by atoms with van der Waals surface area (Å²) in [5.74, 6) is 1.17. The number of pyridine rings is 1. The number of carbonyl (C=O) groups excluding carboxylic acids is 1. The third-order valence-corrected chi connectivity index (χ3v) is 5.14. The van der Waals surface area contributed by atoms with Crippen LogP contribution in [0.2, 0.25) is 0 Å². The molecule has 0 radical (unpaired) electrons. The molecule has 0 unspecified atom stereocenters. The van der Waals surface area contributed by atoms with Gasteiger partial charge in [-0.05, 0) is 48.9 Å². The number of fused-ring (bicyclic) bond motifs is 1. The Balaban J connectivity index is 1.27. The summed E-state index contributed by atoms with van der Waals surface area (Å²) in [7, 11) is 0. The molecule has 0 saturated carbocycles. The first-order valence-electron chi connectivity index (χ1n) is 9.13. The lowest BCUT2D eigenvalue weighted by atomic mass is 9.92. The highest BCUT2D eigenvalue weighted by atomic mass is 16.5. The molecule has 0 aliphatic carbocycles. The van der Waals surface area contributed by atoms with Crippen molar-refractivity contribution in [2.45, 2.75) is 31.5 Å². The molecule has 7 nitrogen and oxygen atoms in total. The van der Waals surface area contributed by atoms with Gasteiger partial charge in [0.15, 0.2) is 0 Å². The summed E-state index contributed by atoms with van der Waals surface area (Å²) >= 11 is 0. The van der Waals surface area contributed by atoms with E-state index < -0.39 is 0 Å². The highest BCUT2D eigenvalue weighted by Gasteiger charge is 2.42.